The molecule has 0 saturated carbocycles. The van der Waals surface area contributed by atoms with Gasteiger partial charge in [0, 0.05) is 48.7 Å². The molecule has 2 aromatic heterocycles. The Bertz CT molecular complexity index is 996. The first-order chi connectivity index (χ1) is 14.7. The molecule has 1 atom stereocenters. The Morgan fingerprint density at radius 3 is 2.97 bits per heavy atom. The van der Waals surface area contributed by atoms with E-state index in [9.17, 15) is 4.79 Å². The number of hydrogen-bond donors (Lipinski definition) is 1. The van der Waals surface area contributed by atoms with Crippen LogP contribution in [0.2, 0.25) is 0 Å². The van der Waals surface area contributed by atoms with Gasteiger partial charge in [0.15, 0.2) is 0 Å². The van der Waals surface area contributed by atoms with E-state index in [4.69, 9.17) is 13.9 Å². The molecule has 1 unspecified atom stereocenters. The lowest BCUT2D eigenvalue weighted by Crippen LogP contribution is -2.34. The Morgan fingerprint density at radius 2 is 2.13 bits per heavy atom. The van der Waals surface area contributed by atoms with Gasteiger partial charge in [-0.1, -0.05) is 17.8 Å². The summed E-state index contributed by atoms with van der Waals surface area (Å²) in [5.41, 5.74) is 1.95. The highest BCUT2D eigenvalue weighted by molar-refractivity contribution is 7.99. The highest BCUT2D eigenvalue weighted by Gasteiger charge is 2.21. The third-order valence-corrected chi connectivity index (χ3v) is 5.55. The van der Waals surface area contributed by atoms with E-state index in [-0.39, 0.29) is 11.8 Å². The van der Waals surface area contributed by atoms with E-state index >= 15 is 0 Å². The smallest absolute Gasteiger partial charge is 0.276 e. The number of fused-ring (bicyclic) bond motifs is 1. The summed E-state index contributed by atoms with van der Waals surface area (Å²) in [6, 6.07) is 9.46. The maximum atomic E-state index is 12.2. The number of benzene rings is 1. The first kappa shape index (κ1) is 20.2. The van der Waals surface area contributed by atoms with Gasteiger partial charge in [-0.05, 0) is 30.2 Å². The Labute approximate surface area is 178 Å². The van der Waals surface area contributed by atoms with Crippen molar-refractivity contribution in [2.75, 3.05) is 26.0 Å². The lowest BCUT2D eigenvalue weighted by molar-refractivity contribution is -0.120. The standard InChI is InChI=1S/C21H22N4O4S/c1-27-17-3-2-16-10-14(13-28-18(16)11-17)12-23-19(26)6-9-30-21-25-24-20(29-21)15-4-7-22-8-5-15/h2-5,7-8,11,14H,6,9-10,12-13H2,1H3,(H,23,26). The van der Waals surface area contributed by atoms with E-state index in [1.165, 1.54) is 11.8 Å². The molecule has 1 aromatic carbocycles. The van der Waals surface area contributed by atoms with Crippen LogP contribution in [0.15, 0.2) is 52.4 Å². The SMILES string of the molecule is COc1ccc2c(c1)OCC(CNC(=O)CCSc1nnc(-c3ccncc3)o1)C2. The molecule has 1 N–H and O–H groups in total. The zero-order valence-electron chi connectivity index (χ0n) is 16.5. The number of ether oxygens (including phenoxy) is 2. The molecule has 0 fully saturated rings. The van der Waals surface area contributed by atoms with Crippen LogP contribution in [0.3, 0.4) is 0 Å². The molecule has 1 amide bonds. The van der Waals surface area contributed by atoms with Gasteiger partial charge < -0.3 is 19.2 Å². The van der Waals surface area contributed by atoms with Crippen molar-refractivity contribution in [1.82, 2.24) is 20.5 Å². The number of thioether (sulfide) groups is 1. The van der Waals surface area contributed by atoms with Crippen LogP contribution >= 0.6 is 11.8 Å². The largest absolute Gasteiger partial charge is 0.497 e. The van der Waals surface area contributed by atoms with Crippen LogP contribution in [-0.4, -0.2) is 47.1 Å². The Morgan fingerprint density at radius 1 is 1.27 bits per heavy atom. The maximum Gasteiger partial charge on any atom is 0.276 e. The summed E-state index contributed by atoms with van der Waals surface area (Å²) in [5, 5.41) is 11.5. The third kappa shape index (κ3) is 5.10. The van der Waals surface area contributed by atoms with Gasteiger partial charge in [0.2, 0.25) is 11.8 Å². The number of amides is 1. The second-order valence-corrected chi connectivity index (χ2v) is 7.91. The summed E-state index contributed by atoms with van der Waals surface area (Å²) < 4.78 is 16.7. The van der Waals surface area contributed by atoms with Crippen LogP contribution in [-0.2, 0) is 11.2 Å². The van der Waals surface area contributed by atoms with Crippen molar-refractivity contribution in [1.29, 1.82) is 0 Å². The molecule has 156 valence electrons. The number of carbonyl (C=O) groups excluding carboxylic acids is 1. The highest BCUT2D eigenvalue weighted by Crippen LogP contribution is 2.30. The number of rotatable bonds is 8. The Kier molecular flexibility index (Phi) is 6.48. The molecule has 0 aliphatic carbocycles. The number of pyridine rings is 1. The molecule has 3 aromatic rings. The minimum absolute atomic E-state index is 0.00287. The molecule has 8 nitrogen and oxygen atoms in total. The first-order valence-corrected chi connectivity index (χ1v) is 10.6. The van der Waals surface area contributed by atoms with Crippen molar-refractivity contribution in [2.45, 2.75) is 18.1 Å². The fraction of sp³-hybridized carbons (Fsp3) is 0.333. The molecule has 30 heavy (non-hydrogen) atoms. The normalized spacial score (nSPS) is 15.2. The molecule has 1 aliphatic heterocycles. The molecule has 0 bridgehead atoms. The summed E-state index contributed by atoms with van der Waals surface area (Å²) >= 11 is 1.37. The van der Waals surface area contributed by atoms with Crippen LogP contribution in [0.25, 0.3) is 11.5 Å². The third-order valence-electron chi connectivity index (χ3n) is 4.73. The summed E-state index contributed by atoms with van der Waals surface area (Å²) in [6.45, 7) is 1.16. The number of nitrogens with one attached hydrogen (secondary N) is 1. The van der Waals surface area contributed by atoms with Crippen LogP contribution < -0.4 is 14.8 Å². The van der Waals surface area contributed by atoms with Crippen LogP contribution in [0.1, 0.15) is 12.0 Å². The van der Waals surface area contributed by atoms with Crippen LogP contribution in [0, 0.1) is 5.92 Å². The van der Waals surface area contributed by atoms with E-state index < -0.39 is 0 Å². The second kappa shape index (κ2) is 9.62. The van der Waals surface area contributed by atoms with Gasteiger partial charge in [-0.15, -0.1) is 10.2 Å². The predicted molar refractivity (Wildman–Crippen MR) is 112 cm³/mol. The Balaban J connectivity index is 1.18. The molecular formula is C21H22N4O4S. The number of carbonyl (C=O) groups is 1. The molecule has 3 heterocycles. The number of nitrogens with zero attached hydrogens (tertiary/aromatic N) is 3. The predicted octanol–water partition coefficient (Wildman–Crippen LogP) is 2.99. The minimum atomic E-state index is -0.00287. The van der Waals surface area contributed by atoms with Crippen molar-refractivity contribution in [3.8, 4) is 23.0 Å². The Hall–Kier alpha value is -3.07. The summed E-state index contributed by atoms with van der Waals surface area (Å²) in [4.78, 5) is 16.1. The monoisotopic (exact) mass is 426 g/mol. The second-order valence-electron chi connectivity index (χ2n) is 6.87. The van der Waals surface area contributed by atoms with E-state index in [1.807, 2.05) is 18.2 Å². The fourth-order valence-corrected chi connectivity index (χ4v) is 3.83. The van der Waals surface area contributed by atoms with E-state index in [2.05, 4.69) is 20.5 Å². The van der Waals surface area contributed by atoms with Gasteiger partial charge in [-0.25, -0.2) is 0 Å². The van der Waals surface area contributed by atoms with Crippen LogP contribution in [0.4, 0.5) is 0 Å². The van der Waals surface area contributed by atoms with Gasteiger partial charge in [-0.2, -0.15) is 0 Å². The average molecular weight is 426 g/mol. The maximum absolute atomic E-state index is 12.2. The molecule has 0 saturated heterocycles. The molecule has 0 radical (unpaired) electrons. The number of methoxy groups -OCH3 is 1. The average Bonchev–Trinajstić information content (AvgIpc) is 3.27. The van der Waals surface area contributed by atoms with Gasteiger partial charge in [-0.3, -0.25) is 9.78 Å². The van der Waals surface area contributed by atoms with E-state index in [0.29, 0.717) is 36.4 Å². The molecule has 4 rings (SSSR count). The van der Waals surface area contributed by atoms with Gasteiger partial charge in [0.25, 0.3) is 5.22 Å². The lowest BCUT2D eigenvalue weighted by Gasteiger charge is -2.25. The van der Waals surface area contributed by atoms with Crippen molar-refractivity contribution in [3.63, 3.8) is 0 Å². The lowest BCUT2D eigenvalue weighted by atomic mass is 9.96. The van der Waals surface area contributed by atoms with Crippen molar-refractivity contribution < 1.29 is 18.7 Å². The van der Waals surface area contributed by atoms with Crippen molar-refractivity contribution in [2.24, 2.45) is 5.92 Å². The van der Waals surface area contributed by atoms with Gasteiger partial charge in [0.1, 0.15) is 11.5 Å². The topological polar surface area (TPSA) is 99.4 Å². The highest BCUT2D eigenvalue weighted by atomic mass is 32.2. The molecule has 1 aliphatic rings. The molecule has 0 spiro atoms. The van der Waals surface area contributed by atoms with E-state index in [0.717, 1.165) is 29.0 Å². The molecular weight excluding hydrogens is 404 g/mol. The zero-order chi connectivity index (χ0) is 20.8. The molecule has 9 heteroatoms. The van der Waals surface area contributed by atoms with Crippen molar-refractivity contribution >= 4 is 17.7 Å². The fourth-order valence-electron chi connectivity index (χ4n) is 3.13. The zero-order valence-corrected chi connectivity index (χ0v) is 17.4. The van der Waals surface area contributed by atoms with Crippen molar-refractivity contribution in [3.05, 3.63) is 48.3 Å². The number of hydrogen-bond acceptors (Lipinski definition) is 8. The minimum Gasteiger partial charge on any atom is -0.497 e. The van der Waals surface area contributed by atoms with E-state index in [1.54, 1.807) is 31.6 Å². The first-order valence-electron chi connectivity index (χ1n) is 9.64. The van der Waals surface area contributed by atoms with Crippen LogP contribution in [0.5, 0.6) is 11.5 Å². The quantitative estimate of drug-likeness (QED) is 0.549. The summed E-state index contributed by atoms with van der Waals surface area (Å²) in [7, 11) is 1.64. The summed E-state index contributed by atoms with van der Waals surface area (Å²) in [5.74, 6) is 2.90. The van der Waals surface area contributed by atoms with Gasteiger partial charge in [0.05, 0.1) is 13.7 Å². The summed E-state index contributed by atoms with van der Waals surface area (Å²) in [6.07, 6.45) is 4.58. The van der Waals surface area contributed by atoms with Gasteiger partial charge >= 0.3 is 0 Å². The number of aromatic nitrogens is 3.